The van der Waals surface area contributed by atoms with Gasteiger partial charge in [0.1, 0.15) is 11.6 Å². The van der Waals surface area contributed by atoms with E-state index in [0.717, 1.165) is 44.2 Å². The van der Waals surface area contributed by atoms with Crippen LogP contribution in [0, 0.1) is 17.6 Å². The van der Waals surface area contributed by atoms with Crippen LogP contribution in [0.5, 0.6) is 5.75 Å². The van der Waals surface area contributed by atoms with Crippen molar-refractivity contribution in [3.8, 4) is 5.75 Å². The lowest BCUT2D eigenvalue weighted by atomic mass is 9.93. The maximum absolute atomic E-state index is 15.9. The standard InChI is InChI=1S/C28H35ClF2N4O5S/c1-17(2)15-35(19-6-4-3-5-7-19)27-23(31)13-20(40-16-26(36)34-41(38,39)21-9-10-21)14-25(27)33-28(37)32-24-11-8-18(29)12-22(24)30/h8,11-14,17,19,21H,3-7,9-10,15-16H2,1-2H3,(H,34,36)(H2,32,33,37). The van der Waals surface area contributed by atoms with Crippen molar-refractivity contribution in [2.75, 3.05) is 28.7 Å². The van der Waals surface area contributed by atoms with Crippen LogP contribution >= 0.6 is 11.6 Å². The third kappa shape index (κ3) is 8.45. The number of sulfonamides is 1. The highest BCUT2D eigenvalue weighted by Gasteiger charge is 2.37. The number of rotatable bonds is 11. The summed E-state index contributed by atoms with van der Waals surface area (Å²) >= 11 is 5.80. The average Bonchev–Trinajstić information content (AvgIpc) is 3.75. The number of carbonyl (C=O) groups is 2. The number of benzene rings is 2. The first-order valence-electron chi connectivity index (χ1n) is 13.7. The number of amides is 3. The summed E-state index contributed by atoms with van der Waals surface area (Å²) in [5.74, 6) is -2.24. The molecule has 4 rings (SSSR count). The number of ether oxygens (including phenoxy) is 1. The van der Waals surface area contributed by atoms with Gasteiger partial charge in [-0.3, -0.25) is 4.79 Å². The average molecular weight is 613 g/mol. The van der Waals surface area contributed by atoms with Gasteiger partial charge in [0, 0.05) is 29.7 Å². The predicted octanol–water partition coefficient (Wildman–Crippen LogP) is 6.04. The first-order valence-corrected chi connectivity index (χ1v) is 15.7. The molecule has 2 fully saturated rings. The highest BCUT2D eigenvalue weighted by molar-refractivity contribution is 7.90. The van der Waals surface area contributed by atoms with Gasteiger partial charge in [0.15, 0.2) is 12.4 Å². The van der Waals surface area contributed by atoms with Crippen molar-refractivity contribution in [3.05, 3.63) is 47.0 Å². The quantitative estimate of drug-likeness (QED) is 0.285. The van der Waals surface area contributed by atoms with Crippen LogP contribution in [-0.2, 0) is 14.8 Å². The Morgan fingerprint density at radius 3 is 2.32 bits per heavy atom. The van der Waals surface area contributed by atoms with Gasteiger partial charge in [0.05, 0.1) is 22.3 Å². The summed E-state index contributed by atoms with van der Waals surface area (Å²) in [6, 6.07) is 5.47. The number of nitrogens with one attached hydrogen (secondary N) is 3. The molecule has 0 aliphatic heterocycles. The smallest absolute Gasteiger partial charge is 0.323 e. The van der Waals surface area contributed by atoms with Gasteiger partial charge >= 0.3 is 6.03 Å². The largest absolute Gasteiger partial charge is 0.484 e. The molecule has 224 valence electrons. The molecule has 2 saturated carbocycles. The van der Waals surface area contributed by atoms with Gasteiger partial charge in [0.25, 0.3) is 5.91 Å². The summed E-state index contributed by atoms with van der Waals surface area (Å²) in [4.78, 5) is 27.2. The summed E-state index contributed by atoms with van der Waals surface area (Å²) < 4.78 is 61.7. The molecule has 0 spiro atoms. The maximum atomic E-state index is 15.9. The fraction of sp³-hybridized carbons (Fsp3) is 0.500. The number of nitrogens with zero attached hydrogens (tertiary/aromatic N) is 1. The summed E-state index contributed by atoms with van der Waals surface area (Å²) in [5, 5.41) is 4.60. The van der Waals surface area contributed by atoms with Crippen molar-refractivity contribution >= 4 is 50.6 Å². The summed E-state index contributed by atoms with van der Waals surface area (Å²) in [6.45, 7) is 3.88. The Morgan fingerprint density at radius 2 is 1.68 bits per heavy atom. The second kappa shape index (κ2) is 13.2. The summed E-state index contributed by atoms with van der Waals surface area (Å²) in [6.07, 6.45) is 5.80. The Hall–Kier alpha value is -3.12. The van der Waals surface area contributed by atoms with Crippen LogP contribution in [0.1, 0.15) is 58.8 Å². The van der Waals surface area contributed by atoms with Crippen molar-refractivity contribution in [1.82, 2.24) is 4.72 Å². The zero-order valence-electron chi connectivity index (χ0n) is 23.0. The minimum atomic E-state index is -3.77. The molecule has 2 aromatic rings. The Bertz CT molecular complexity index is 1380. The first-order chi connectivity index (χ1) is 19.4. The second-order valence-electron chi connectivity index (χ2n) is 10.9. The molecular weight excluding hydrogens is 578 g/mol. The van der Waals surface area contributed by atoms with Crippen molar-refractivity contribution in [2.45, 2.75) is 70.1 Å². The Balaban J connectivity index is 1.61. The molecule has 3 N–H and O–H groups in total. The van der Waals surface area contributed by atoms with Crippen LogP contribution in [0.4, 0.5) is 30.6 Å². The fourth-order valence-electron chi connectivity index (χ4n) is 4.92. The molecule has 9 nitrogen and oxygen atoms in total. The second-order valence-corrected chi connectivity index (χ2v) is 13.3. The lowest BCUT2D eigenvalue weighted by molar-refractivity contribution is -0.121. The molecule has 0 heterocycles. The van der Waals surface area contributed by atoms with Gasteiger partial charge in [-0.1, -0.05) is 44.7 Å². The molecule has 0 unspecified atom stereocenters. The Morgan fingerprint density at radius 1 is 1.00 bits per heavy atom. The molecule has 0 saturated heterocycles. The first kappa shape index (κ1) is 30.8. The minimum Gasteiger partial charge on any atom is -0.484 e. The lowest BCUT2D eigenvalue weighted by Crippen LogP contribution is -2.40. The van der Waals surface area contributed by atoms with E-state index < -0.39 is 45.5 Å². The number of halogens is 3. The summed E-state index contributed by atoms with van der Waals surface area (Å²) in [7, 11) is -3.77. The Kier molecular flexibility index (Phi) is 9.96. The van der Waals surface area contributed by atoms with Gasteiger partial charge in [-0.05, 0) is 49.8 Å². The molecular formula is C28H35ClF2N4O5S. The van der Waals surface area contributed by atoms with Gasteiger partial charge in [-0.15, -0.1) is 0 Å². The summed E-state index contributed by atoms with van der Waals surface area (Å²) in [5.41, 5.74) is 0.0933. The van der Waals surface area contributed by atoms with Crippen LogP contribution < -0.4 is 25.0 Å². The Labute approximate surface area is 244 Å². The van der Waals surface area contributed by atoms with Crippen molar-refractivity contribution in [3.63, 3.8) is 0 Å². The van der Waals surface area contributed by atoms with Gasteiger partial charge < -0.3 is 20.3 Å². The molecule has 2 aromatic carbocycles. The van der Waals surface area contributed by atoms with Crippen LogP contribution in [0.15, 0.2) is 30.3 Å². The number of hydrogen-bond donors (Lipinski definition) is 3. The van der Waals surface area contributed by atoms with Crippen LogP contribution in [0.3, 0.4) is 0 Å². The number of hydrogen-bond acceptors (Lipinski definition) is 6. The number of carbonyl (C=O) groups excluding carboxylic acids is 2. The van der Waals surface area contributed by atoms with Crippen LogP contribution in [-0.4, -0.2) is 44.8 Å². The van der Waals surface area contributed by atoms with Crippen LogP contribution in [0.25, 0.3) is 0 Å². The number of anilines is 3. The van der Waals surface area contributed by atoms with E-state index >= 15 is 4.39 Å². The highest BCUT2D eigenvalue weighted by Crippen LogP contribution is 2.38. The van der Waals surface area contributed by atoms with E-state index in [-0.39, 0.29) is 39.8 Å². The van der Waals surface area contributed by atoms with E-state index in [1.165, 1.54) is 18.2 Å². The molecule has 3 amide bonds. The molecule has 2 aliphatic carbocycles. The monoisotopic (exact) mass is 612 g/mol. The van der Waals surface area contributed by atoms with Crippen molar-refractivity contribution in [2.24, 2.45) is 5.92 Å². The lowest BCUT2D eigenvalue weighted by Gasteiger charge is -2.38. The SMILES string of the molecule is CC(C)CN(c1c(F)cc(OCC(=O)NS(=O)(=O)C2CC2)cc1NC(=O)Nc1ccc(Cl)cc1F)C1CCCCC1. The van der Waals surface area contributed by atoms with Crippen LogP contribution in [0.2, 0.25) is 5.02 Å². The third-order valence-corrected chi connectivity index (χ3v) is 9.01. The molecule has 0 aromatic heterocycles. The van der Waals surface area contributed by atoms with E-state index in [9.17, 15) is 22.4 Å². The highest BCUT2D eigenvalue weighted by atomic mass is 35.5. The molecule has 0 atom stereocenters. The molecule has 41 heavy (non-hydrogen) atoms. The van der Waals surface area contributed by atoms with Gasteiger partial charge in [-0.2, -0.15) is 0 Å². The zero-order valence-corrected chi connectivity index (χ0v) is 24.6. The molecule has 2 aliphatic rings. The van der Waals surface area contributed by atoms with Gasteiger partial charge in [0.2, 0.25) is 10.0 Å². The topological polar surface area (TPSA) is 117 Å². The van der Waals surface area contributed by atoms with E-state index in [1.54, 1.807) is 0 Å². The maximum Gasteiger partial charge on any atom is 0.323 e. The van der Waals surface area contributed by atoms with E-state index in [4.69, 9.17) is 16.3 Å². The third-order valence-electron chi connectivity index (χ3n) is 6.92. The zero-order chi connectivity index (χ0) is 29.7. The molecule has 0 bridgehead atoms. The molecule has 0 radical (unpaired) electrons. The number of urea groups is 1. The van der Waals surface area contributed by atoms with E-state index in [0.29, 0.717) is 19.4 Å². The minimum absolute atomic E-state index is 0.0446. The van der Waals surface area contributed by atoms with Crippen molar-refractivity contribution in [1.29, 1.82) is 0 Å². The normalized spacial score (nSPS) is 15.9. The molecule has 13 heteroatoms. The predicted molar refractivity (Wildman–Crippen MR) is 155 cm³/mol. The van der Waals surface area contributed by atoms with Gasteiger partial charge in [-0.25, -0.2) is 26.7 Å². The van der Waals surface area contributed by atoms with E-state index in [1.807, 2.05) is 23.5 Å². The van der Waals surface area contributed by atoms with Crippen molar-refractivity contribution < 1.29 is 31.5 Å². The fourth-order valence-corrected chi connectivity index (χ4v) is 6.38. The van der Waals surface area contributed by atoms with E-state index in [2.05, 4.69) is 10.6 Å².